The molecule has 0 aromatic carbocycles. The molecule has 0 spiro atoms. The monoisotopic (exact) mass is 266 g/mol. The maximum atomic E-state index is 5.76. The Labute approximate surface area is 118 Å². The molecule has 0 amide bonds. The Bertz CT molecular complexity index is 269. The Morgan fingerprint density at radius 1 is 1.16 bits per heavy atom. The first kappa shape index (κ1) is 14.9. The van der Waals surface area contributed by atoms with Gasteiger partial charge < -0.3 is 9.47 Å². The highest BCUT2D eigenvalue weighted by Crippen LogP contribution is 2.38. The largest absolute Gasteiger partial charge is 0.501 e. The van der Waals surface area contributed by atoms with E-state index >= 15 is 0 Å². The second-order valence-corrected chi connectivity index (χ2v) is 6.28. The van der Waals surface area contributed by atoms with Crippen LogP contribution in [0.25, 0.3) is 0 Å². The summed E-state index contributed by atoms with van der Waals surface area (Å²) in [5.74, 6) is 0. The van der Waals surface area contributed by atoms with E-state index in [0.717, 1.165) is 19.8 Å². The van der Waals surface area contributed by atoms with E-state index in [1.165, 1.54) is 69.8 Å². The first-order chi connectivity index (χ1) is 9.35. The number of allylic oxidation sites excluding steroid dienone is 1. The van der Waals surface area contributed by atoms with Gasteiger partial charge in [-0.1, -0.05) is 19.8 Å². The third-order valence-corrected chi connectivity index (χ3v) is 5.02. The molecule has 0 atom stereocenters. The van der Waals surface area contributed by atoms with Crippen LogP contribution in [0.2, 0.25) is 0 Å². The molecule has 0 radical (unpaired) electrons. The highest BCUT2D eigenvalue weighted by Gasteiger charge is 2.29. The van der Waals surface area contributed by atoms with E-state index in [1.54, 1.807) is 0 Å². The van der Waals surface area contributed by atoms with Gasteiger partial charge in [0.2, 0.25) is 0 Å². The predicted molar refractivity (Wildman–Crippen MR) is 79.1 cm³/mol. The molecule has 0 aromatic heterocycles. The van der Waals surface area contributed by atoms with Crippen LogP contribution in [0.1, 0.15) is 71.1 Å². The maximum absolute atomic E-state index is 5.76. The molecule has 0 aromatic rings. The molecule has 1 saturated carbocycles. The summed E-state index contributed by atoms with van der Waals surface area (Å²) in [6.45, 7) is 5.14. The highest BCUT2D eigenvalue weighted by molar-refractivity contribution is 5.00. The zero-order valence-electron chi connectivity index (χ0n) is 12.6. The average molecular weight is 266 g/mol. The smallest absolute Gasteiger partial charge is 0.0873 e. The normalized spacial score (nSPS) is 23.1. The van der Waals surface area contributed by atoms with Crippen LogP contribution >= 0.6 is 0 Å². The fraction of sp³-hybridized carbons (Fsp3) is 0.882. The minimum atomic E-state index is 0.541. The van der Waals surface area contributed by atoms with Crippen molar-refractivity contribution in [3.8, 4) is 0 Å². The molecular weight excluding hydrogens is 236 g/mol. The Morgan fingerprint density at radius 3 is 2.58 bits per heavy atom. The van der Waals surface area contributed by atoms with Crippen molar-refractivity contribution in [2.45, 2.75) is 71.1 Å². The van der Waals surface area contributed by atoms with Gasteiger partial charge in [-0.05, 0) is 62.4 Å². The van der Waals surface area contributed by atoms with E-state index in [-0.39, 0.29) is 0 Å². The van der Waals surface area contributed by atoms with Gasteiger partial charge in [0, 0.05) is 13.2 Å². The Morgan fingerprint density at radius 2 is 1.89 bits per heavy atom. The molecule has 110 valence electrons. The minimum absolute atomic E-state index is 0.541. The lowest BCUT2D eigenvalue weighted by Gasteiger charge is -2.36. The molecule has 0 bridgehead atoms. The quantitative estimate of drug-likeness (QED) is 0.506. The SMILES string of the molecule is CCC1(CCCOC=C2CCCCC2)CCOCC1. The summed E-state index contributed by atoms with van der Waals surface area (Å²) in [7, 11) is 0. The first-order valence-electron chi connectivity index (χ1n) is 8.22. The number of rotatable bonds is 6. The summed E-state index contributed by atoms with van der Waals surface area (Å²) < 4.78 is 11.3. The topological polar surface area (TPSA) is 18.5 Å². The Kier molecular flexibility index (Phi) is 6.22. The molecule has 2 aliphatic rings. The van der Waals surface area contributed by atoms with Gasteiger partial charge in [0.15, 0.2) is 0 Å². The van der Waals surface area contributed by atoms with E-state index in [2.05, 4.69) is 13.2 Å². The lowest BCUT2D eigenvalue weighted by atomic mass is 9.74. The standard InChI is InChI=1S/C17H30O2/c1-2-17(10-13-18-14-11-17)9-6-12-19-15-16-7-4-3-5-8-16/h15H,2-14H2,1H3. The molecule has 0 unspecified atom stereocenters. The van der Waals surface area contributed by atoms with Crippen LogP contribution in [-0.4, -0.2) is 19.8 Å². The molecule has 2 fully saturated rings. The van der Waals surface area contributed by atoms with Crippen LogP contribution in [0.15, 0.2) is 11.8 Å². The van der Waals surface area contributed by atoms with E-state index in [9.17, 15) is 0 Å². The Balaban J connectivity index is 1.62. The van der Waals surface area contributed by atoms with Crippen LogP contribution in [0.5, 0.6) is 0 Å². The summed E-state index contributed by atoms with van der Waals surface area (Å²) in [5, 5.41) is 0. The molecule has 1 aliphatic carbocycles. The van der Waals surface area contributed by atoms with E-state index in [1.807, 2.05) is 0 Å². The summed E-state index contributed by atoms with van der Waals surface area (Å²) in [6, 6.07) is 0. The fourth-order valence-electron chi connectivity index (χ4n) is 3.42. The number of hydrogen-bond acceptors (Lipinski definition) is 2. The molecule has 2 heteroatoms. The van der Waals surface area contributed by atoms with Gasteiger partial charge in [0.1, 0.15) is 0 Å². The zero-order chi connectivity index (χ0) is 13.4. The van der Waals surface area contributed by atoms with E-state index in [4.69, 9.17) is 9.47 Å². The second kappa shape index (κ2) is 7.94. The summed E-state index contributed by atoms with van der Waals surface area (Å²) in [5.41, 5.74) is 2.07. The van der Waals surface area contributed by atoms with Crippen LogP contribution < -0.4 is 0 Å². The van der Waals surface area contributed by atoms with Crippen LogP contribution in [-0.2, 0) is 9.47 Å². The average Bonchev–Trinajstić information content (AvgIpc) is 2.49. The number of ether oxygens (including phenoxy) is 2. The van der Waals surface area contributed by atoms with Gasteiger partial charge in [-0.3, -0.25) is 0 Å². The molecular formula is C17H30O2. The van der Waals surface area contributed by atoms with Crippen molar-refractivity contribution in [3.05, 3.63) is 11.8 Å². The van der Waals surface area contributed by atoms with Crippen LogP contribution in [0.4, 0.5) is 0 Å². The van der Waals surface area contributed by atoms with Gasteiger partial charge in [0.05, 0.1) is 12.9 Å². The van der Waals surface area contributed by atoms with Crippen molar-refractivity contribution in [3.63, 3.8) is 0 Å². The first-order valence-corrected chi connectivity index (χ1v) is 8.22. The van der Waals surface area contributed by atoms with Gasteiger partial charge in [-0.2, -0.15) is 0 Å². The molecule has 19 heavy (non-hydrogen) atoms. The van der Waals surface area contributed by atoms with Gasteiger partial charge in [-0.25, -0.2) is 0 Å². The number of hydrogen-bond donors (Lipinski definition) is 0. The summed E-state index contributed by atoms with van der Waals surface area (Å²) in [4.78, 5) is 0. The van der Waals surface area contributed by atoms with Crippen LogP contribution in [0, 0.1) is 5.41 Å². The van der Waals surface area contributed by atoms with Gasteiger partial charge >= 0.3 is 0 Å². The summed E-state index contributed by atoms with van der Waals surface area (Å²) >= 11 is 0. The van der Waals surface area contributed by atoms with Crippen molar-refractivity contribution >= 4 is 0 Å². The Hall–Kier alpha value is -0.500. The van der Waals surface area contributed by atoms with Crippen molar-refractivity contribution in [2.24, 2.45) is 5.41 Å². The molecule has 2 rings (SSSR count). The van der Waals surface area contributed by atoms with Crippen molar-refractivity contribution in [1.82, 2.24) is 0 Å². The predicted octanol–water partition coefficient (Wildman–Crippen LogP) is 4.84. The minimum Gasteiger partial charge on any atom is -0.501 e. The van der Waals surface area contributed by atoms with E-state index < -0.39 is 0 Å². The fourth-order valence-corrected chi connectivity index (χ4v) is 3.42. The lowest BCUT2D eigenvalue weighted by molar-refractivity contribution is 0.00463. The van der Waals surface area contributed by atoms with Gasteiger partial charge in [-0.15, -0.1) is 0 Å². The third kappa shape index (κ3) is 4.83. The summed E-state index contributed by atoms with van der Waals surface area (Å²) in [6.07, 6.45) is 15.0. The highest BCUT2D eigenvalue weighted by atomic mass is 16.5. The molecule has 1 aliphatic heterocycles. The van der Waals surface area contributed by atoms with E-state index in [0.29, 0.717) is 5.41 Å². The maximum Gasteiger partial charge on any atom is 0.0873 e. The van der Waals surface area contributed by atoms with Crippen molar-refractivity contribution < 1.29 is 9.47 Å². The van der Waals surface area contributed by atoms with Crippen molar-refractivity contribution in [2.75, 3.05) is 19.8 Å². The van der Waals surface area contributed by atoms with Crippen LogP contribution in [0.3, 0.4) is 0 Å². The van der Waals surface area contributed by atoms with Gasteiger partial charge in [0.25, 0.3) is 0 Å². The second-order valence-electron chi connectivity index (χ2n) is 6.28. The third-order valence-electron chi connectivity index (χ3n) is 5.02. The van der Waals surface area contributed by atoms with Crippen molar-refractivity contribution in [1.29, 1.82) is 0 Å². The molecule has 2 nitrogen and oxygen atoms in total. The molecule has 1 saturated heterocycles. The molecule has 0 N–H and O–H groups in total. The lowest BCUT2D eigenvalue weighted by Crippen LogP contribution is -2.29. The molecule has 1 heterocycles. The zero-order valence-corrected chi connectivity index (χ0v) is 12.6.